The van der Waals surface area contributed by atoms with Gasteiger partial charge in [-0.1, -0.05) is 19.9 Å². The van der Waals surface area contributed by atoms with Gasteiger partial charge in [-0.2, -0.15) is 0 Å². The second-order valence-corrected chi connectivity index (χ2v) is 7.43. The number of ether oxygens (including phenoxy) is 1. The van der Waals surface area contributed by atoms with Crippen LogP contribution in [0.2, 0.25) is 0 Å². The number of amides is 2. The Kier molecular flexibility index (Phi) is 7.60. The highest BCUT2D eigenvalue weighted by Gasteiger charge is 2.21. The first kappa shape index (κ1) is 20.4. The SMILES string of the molecule is Cc1ccc(C(=O)NCC(=O)NC[C@@H]2CN(CC(C)C)CCO2)cc1C. The largest absolute Gasteiger partial charge is 0.374 e. The summed E-state index contributed by atoms with van der Waals surface area (Å²) in [6, 6.07) is 5.52. The Morgan fingerprint density at radius 3 is 2.69 bits per heavy atom. The fourth-order valence-electron chi connectivity index (χ4n) is 3.02. The number of nitrogens with zero attached hydrogens (tertiary/aromatic N) is 1. The zero-order valence-electron chi connectivity index (χ0n) is 16.3. The summed E-state index contributed by atoms with van der Waals surface area (Å²) < 4.78 is 5.72. The molecule has 6 heteroatoms. The maximum absolute atomic E-state index is 12.1. The Hall–Kier alpha value is -1.92. The van der Waals surface area contributed by atoms with Crippen molar-refractivity contribution < 1.29 is 14.3 Å². The van der Waals surface area contributed by atoms with E-state index < -0.39 is 0 Å². The fourth-order valence-corrected chi connectivity index (χ4v) is 3.02. The Bertz CT molecular complexity index is 631. The summed E-state index contributed by atoms with van der Waals surface area (Å²) in [4.78, 5) is 26.5. The summed E-state index contributed by atoms with van der Waals surface area (Å²) >= 11 is 0. The number of rotatable bonds is 7. The molecular formula is C20H31N3O3. The molecule has 0 saturated carbocycles. The van der Waals surface area contributed by atoms with Gasteiger partial charge in [0.1, 0.15) is 0 Å². The number of carbonyl (C=O) groups excluding carboxylic acids is 2. The van der Waals surface area contributed by atoms with Gasteiger partial charge in [-0.3, -0.25) is 14.5 Å². The monoisotopic (exact) mass is 361 g/mol. The molecule has 1 aliphatic rings. The molecule has 1 aromatic carbocycles. The van der Waals surface area contributed by atoms with E-state index in [1.807, 2.05) is 26.0 Å². The minimum Gasteiger partial charge on any atom is -0.374 e. The summed E-state index contributed by atoms with van der Waals surface area (Å²) in [5.74, 6) is 0.177. The number of aryl methyl sites for hydroxylation is 2. The molecule has 1 saturated heterocycles. The molecule has 1 heterocycles. The van der Waals surface area contributed by atoms with E-state index in [2.05, 4.69) is 29.4 Å². The van der Waals surface area contributed by atoms with Gasteiger partial charge in [0.15, 0.2) is 0 Å². The third-order valence-electron chi connectivity index (χ3n) is 4.55. The zero-order valence-corrected chi connectivity index (χ0v) is 16.3. The number of benzene rings is 1. The third-order valence-corrected chi connectivity index (χ3v) is 4.55. The number of hydrogen-bond donors (Lipinski definition) is 2. The van der Waals surface area contributed by atoms with Crippen LogP contribution >= 0.6 is 0 Å². The number of nitrogens with one attached hydrogen (secondary N) is 2. The van der Waals surface area contributed by atoms with Crippen LogP contribution in [0.15, 0.2) is 18.2 Å². The van der Waals surface area contributed by atoms with Crippen LogP contribution in [0, 0.1) is 19.8 Å². The molecule has 0 spiro atoms. The van der Waals surface area contributed by atoms with Crippen molar-refractivity contribution in [3.63, 3.8) is 0 Å². The summed E-state index contributed by atoms with van der Waals surface area (Å²) in [5, 5.41) is 5.51. The lowest BCUT2D eigenvalue weighted by Crippen LogP contribution is -2.49. The molecule has 1 atom stereocenters. The zero-order chi connectivity index (χ0) is 19.1. The van der Waals surface area contributed by atoms with Gasteiger partial charge >= 0.3 is 0 Å². The van der Waals surface area contributed by atoms with Gasteiger partial charge in [-0.15, -0.1) is 0 Å². The van der Waals surface area contributed by atoms with E-state index in [0.29, 0.717) is 24.6 Å². The molecule has 1 fully saturated rings. The molecular weight excluding hydrogens is 330 g/mol. The van der Waals surface area contributed by atoms with Crippen molar-refractivity contribution in [2.75, 3.05) is 39.3 Å². The molecule has 2 N–H and O–H groups in total. The Balaban J connectivity index is 1.71. The van der Waals surface area contributed by atoms with Gasteiger partial charge in [-0.05, 0) is 43.0 Å². The molecule has 26 heavy (non-hydrogen) atoms. The van der Waals surface area contributed by atoms with E-state index >= 15 is 0 Å². The van der Waals surface area contributed by atoms with E-state index in [0.717, 1.165) is 30.8 Å². The standard InChI is InChI=1S/C20H31N3O3/c1-14(2)12-23-7-8-26-18(13-23)10-21-19(24)11-22-20(25)17-6-5-15(3)16(4)9-17/h5-6,9,14,18H,7-8,10-13H2,1-4H3,(H,21,24)(H,22,25)/t18-/m1/s1. The molecule has 1 aromatic rings. The fraction of sp³-hybridized carbons (Fsp3) is 0.600. The predicted octanol–water partition coefficient (Wildman–Crippen LogP) is 1.51. The van der Waals surface area contributed by atoms with Gasteiger partial charge in [0, 0.05) is 31.7 Å². The van der Waals surface area contributed by atoms with Crippen LogP contribution in [-0.2, 0) is 9.53 Å². The lowest BCUT2D eigenvalue weighted by atomic mass is 10.1. The lowest BCUT2D eigenvalue weighted by Gasteiger charge is -2.33. The summed E-state index contributed by atoms with van der Waals surface area (Å²) in [6.07, 6.45) is 0.00176. The number of carbonyl (C=O) groups is 2. The second kappa shape index (κ2) is 9.69. The third kappa shape index (κ3) is 6.42. The first-order valence-corrected chi connectivity index (χ1v) is 9.31. The first-order valence-electron chi connectivity index (χ1n) is 9.31. The minimum absolute atomic E-state index is 0.00176. The van der Waals surface area contributed by atoms with Gasteiger partial charge in [-0.25, -0.2) is 0 Å². The molecule has 0 aliphatic carbocycles. The van der Waals surface area contributed by atoms with Gasteiger partial charge < -0.3 is 15.4 Å². The molecule has 2 amide bonds. The summed E-state index contributed by atoms with van der Waals surface area (Å²) in [7, 11) is 0. The van der Waals surface area contributed by atoms with E-state index in [1.165, 1.54) is 0 Å². The molecule has 2 rings (SSSR count). The minimum atomic E-state index is -0.236. The van der Waals surface area contributed by atoms with Crippen molar-refractivity contribution in [3.05, 3.63) is 34.9 Å². The molecule has 1 aliphatic heterocycles. The molecule has 0 radical (unpaired) electrons. The number of hydrogen-bond acceptors (Lipinski definition) is 4. The van der Waals surface area contributed by atoms with Crippen molar-refractivity contribution >= 4 is 11.8 Å². The summed E-state index contributed by atoms with van der Waals surface area (Å²) in [6.45, 7) is 12.3. The highest BCUT2D eigenvalue weighted by atomic mass is 16.5. The molecule has 0 aromatic heterocycles. The smallest absolute Gasteiger partial charge is 0.251 e. The van der Waals surface area contributed by atoms with Gasteiger partial charge in [0.25, 0.3) is 5.91 Å². The molecule has 144 valence electrons. The van der Waals surface area contributed by atoms with E-state index in [4.69, 9.17) is 4.74 Å². The second-order valence-electron chi connectivity index (χ2n) is 7.43. The molecule has 0 unspecified atom stereocenters. The highest BCUT2D eigenvalue weighted by molar-refractivity contribution is 5.96. The Morgan fingerprint density at radius 2 is 2.00 bits per heavy atom. The predicted molar refractivity (Wildman–Crippen MR) is 102 cm³/mol. The quantitative estimate of drug-likeness (QED) is 0.772. The van der Waals surface area contributed by atoms with Crippen molar-refractivity contribution in [3.8, 4) is 0 Å². The maximum Gasteiger partial charge on any atom is 0.251 e. The van der Waals surface area contributed by atoms with Crippen LogP contribution in [0.25, 0.3) is 0 Å². The van der Waals surface area contributed by atoms with Crippen LogP contribution in [0.4, 0.5) is 0 Å². The maximum atomic E-state index is 12.1. The summed E-state index contributed by atoms with van der Waals surface area (Å²) in [5.41, 5.74) is 2.77. The Morgan fingerprint density at radius 1 is 1.23 bits per heavy atom. The van der Waals surface area contributed by atoms with E-state index in [1.54, 1.807) is 6.07 Å². The van der Waals surface area contributed by atoms with Crippen LogP contribution < -0.4 is 10.6 Å². The van der Waals surface area contributed by atoms with Crippen molar-refractivity contribution in [2.24, 2.45) is 5.92 Å². The Labute approximate surface area is 156 Å². The van der Waals surface area contributed by atoms with Crippen LogP contribution in [0.3, 0.4) is 0 Å². The van der Waals surface area contributed by atoms with Crippen LogP contribution in [0.1, 0.15) is 35.3 Å². The molecule has 0 bridgehead atoms. The van der Waals surface area contributed by atoms with Crippen molar-refractivity contribution in [1.82, 2.24) is 15.5 Å². The van der Waals surface area contributed by atoms with Crippen molar-refractivity contribution in [2.45, 2.75) is 33.8 Å². The van der Waals surface area contributed by atoms with E-state index in [-0.39, 0.29) is 24.5 Å². The average Bonchev–Trinajstić information content (AvgIpc) is 2.60. The van der Waals surface area contributed by atoms with E-state index in [9.17, 15) is 9.59 Å². The number of morpholine rings is 1. The van der Waals surface area contributed by atoms with Crippen LogP contribution in [0.5, 0.6) is 0 Å². The lowest BCUT2D eigenvalue weighted by molar-refractivity contribution is -0.121. The van der Waals surface area contributed by atoms with Gasteiger partial charge in [0.05, 0.1) is 19.3 Å². The normalized spacial score (nSPS) is 18.0. The van der Waals surface area contributed by atoms with Gasteiger partial charge in [0.2, 0.25) is 5.91 Å². The average molecular weight is 361 g/mol. The molecule has 6 nitrogen and oxygen atoms in total. The van der Waals surface area contributed by atoms with Crippen molar-refractivity contribution in [1.29, 1.82) is 0 Å². The topological polar surface area (TPSA) is 70.7 Å². The first-order chi connectivity index (χ1) is 12.3. The van der Waals surface area contributed by atoms with Crippen LogP contribution in [-0.4, -0.2) is 62.1 Å². The highest BCUT2D eigenvalue weighted by Crippen LogP contribution is 2.09.